The lowest BCUT2D eigenvalue weighted by Gasteiger charge is -2.12. The Hall–Kier alpha value is -2.19. The van der Waals surface area contributed by atoms with Crippen molar-refractivity contribution in [1.82, 2.24) is 10.0 Å². The number of carboxylic acids is 1. The van der Waals surface area contributed by atoms with Crippen molar-refractivity contribution in [3.05, 3.63) is 35.9 Å². The lowest BCUT2D eigenvalue weighted by atomic mass is 10.2. The highest BCUT2D eigenvalue weighted by Crippen LogP contribution is 2.12. The van der Waals surface area contributed by atoms with Crippen LogP contribution in [0.15, 0.2) is 35.2 Å². The number of aliphatic carboxylic acids is 1. The Labute approximate surface area is 122 Å². The highest BCUT2D eigenvalue weighted by molar-refractivity contribution is 7.89. The van der Waals surface area contributed by atoms with Crippen molar-refractivity contribution in [2.24, 2.45) is 0 Å². The predicted octanol–water partition coefficient (Wildman–Crippen LogP) is 0.197. The SMILES string of the molecule is CNC(=O)C(C)NS(=O)(=O)c1ccc(C=CC(=O)O)cc1. The molecular formula is C13H16N2O5S. The summed E-state index contributed by atoms with van der Waals surface area (Å²) in [6, 6.07) is 4.71. The monoisotopic (exact) mass is 312 g/mol. The maximum absolute atomic E-state index is 12.0. The van der Waals surface area contributed by atoms with Gasteiger partial charge in [0, 0.05) is 13.1 Å². The van der Waals surface area contributed by atoms with E-state index in [2.05, 4.69) is 10.0 Å². The van der Waals surface area contributed by atoms with E-state index in [0.717, 1.165) is 6.08 Å². The first kappa shape index (κ1) is 16.9. The van der Waals surface area contributed by atoms with E-state index >= 15 is 0 Å². The van der Waals surface area contributed by atoms with Crippen LogP contribution in [-0.2, 0) is 19.6 Å². The van der Waals surface area contributed by atoms with E-state index in [1.54, 1.807) is 0 Å². The molecule has 21 heavy (non-hydrogen) atoms. The van der Waals surface area contributed by atoms with Crippen LogP contribution in [0, 0.1) is 0 Å². The number of likely N-dealkylation sites (N-methyl/N-ethyl adjacent to an activating group) is 1. The lowest BCUT2D eigenvalue weighted by Crippen LogP contribution is -2.43. The zero-order valence-corrected chi connectivity index (χ0v) is 12.3. The molecule has 114 valence electrons. The average Bonchev–Trinajstić information content (AvgIpc) is 2.44. The molecule has 1 atom stereocenters. The van der Waals surface area contributed by atoms with Gasteiger partial charge in [0.25, 0.3) is 0 Å². The van der Waals surface area contributed by atoms with Crippen LogP contribution < -0.4 is 10.0 Å². The highest BCUT2D eigenvalue weighted by Gasteiger charge is 2.20. The molecule has 0 heterocycles. The van der Waals surface area contributed by atoms with Crippen LogP contribution in [-0.4, -0.2) is 38.5 Å². The molecule has 0 fully saturated rings. The van der Waals surface area contributed by atoms with Crippen LogP contribution in [0.1, 0.15) is 12.5 Å². The predicted molar refractivity (Wildman–Crippen MR) is 77.0 cm³/mol. The molecule has 1 rings (SSSR count). The second-order valence-corrected chi connectivity index (χ2v) is 5.91. The smallest absolute Gasteiger partial charge is 0.328 e. The van der Waals surface area contributed by atoms with E-state index < -0.39 is 27.9 Å². The van der Waals surface area contributed by atoms with Crippen molar-refractivity contribution < 1.29 is 23.1 Å². The van der Waals surface area contributed by atoms with Crippen molar-refractivity contribution >= 4 is 28.0 Å². The van der Waals surface area contributed by atoms with Gasteiger partial charge in [-0.25, -0.2) is 13.2 Å². The largest absolute Gasteiger partial charge is 0.478 e. The van der Waals surface area contributed by atoms with Gasteiger partial charge in [-0.15, -0.1) is 0 Å². The van der Waals surface area contributed by atoms with Gasteiger partial charge in [-0.1, -0.05) is 12.1 Å². The number of rotatable bonds is 6. The standard InChI is InChI=1S/C13H16N2O5S/c1-9(13(18)14-2)15-21(19,20)11-6-3-10(4-7-11)5-8-12(16)17/h3-9,15H,1-2H3,(H,14,18)(H,16,17). The number of nitrogens with one attached hydrogen (secondary N) is 2. The molecule has 1 unspecified atom stereocenters. The maximum Gasteiger partial charge on any atom is 0.328 e. The van der Waals surface area contributed by atoms with Crippen LogP contribution >= 0.6 is 0 Å². The fourth-order valence-corrected chi connectivity index (χ4v) is 2.70. The van der Waals surface area contributed by atoms with Gasteiger partial charge in [0.15, 0.2) is 0 Å². The van der Waals surface area contributed by atoms with Crippen LogP contribution in [0.5, 0.6) is 0 Å². The molecule has 0 aliphatic rings. The van der Waals surface area contributed by atoms with Gasteiger partial charge in [-0.05, 0) is 30.7 Å². The number of benzene rings is 1. The Balaban J connectivity index is 2.90. The molecule has 3 N–H and O–H groups in total. The molecule has 0 spiro atoms. The summed E-state index contributed by atoms with van der Waals surface area (Å²) in [5.41, 5.74) is 0.552. The highest BCUT2D eigenvalue weighted by atomic mass is 32.2. The molecular weight excluding hydrogens is 296 g/mol. The molecule has 7 nitrogen and oxygen atoms in total. The molecule has 0 aliphatic carbocycles. The molecule has 1 aromatic rings. The van der Waals surface area contributed by atoms with Crippen LogP contribution in [0.25, 0.3) is 6.08 Å². The Bertz CT molecular complexity index is 650. The van der Waals surface area contributed by atoms with Crippen LogP contribution in [0.2, 0.25) is 0 Å². The first-order valence-corrected chi connectivity index (χ1v) is 7.49. The Morgan fingerprint density at radius 3 is 2.29 bits per heavy atom. The summed E-state index contributed by atoms with van der Waals surface area (Å²) in [6.45, 7) is 1.43. The van der Waals surface area contributed by atoms with Crippen molar-refractivity contribution in [3.63, 3.8) is 0 Å². The second kappa shape index (κ2) is 7.00. The molecule has 0 aromatic heterocycles. The first-order valence-electron chi connectivity index (χ1n) is 6.01. The summed E-state index contributed by atoms with van der Waals surface area (Å²) in [5, 5.41) is 10.8. The third-order valence-corrected chi connectivity index (χ3v) is 4.14. The van der Waals surface area contributed by atoms with E-state index in [0.29, 0.717) is 5.56 Å². The number of hydrogen-bond donors (Lipinski definition) is 3. The number of sulfonamides is 1. The first-order chi connectivity index (χ1) is 9.76. The summed E-state index contributed by atoms with van der Waals surface area (Å²) in [6.07, 6.45) is 2.30. The molecule has 0 saturated heterocycles. The summed E-state index contributed by atoms with van der Waals surface area (Å²) in [5.74, 6) is -1.53. The zero-order chi connectivity index (χ0) is 16.0. The summed E-state index contributed by atoms with van der Waals surface area (Å²) in [7, 11) is -2.40. The van der Waals surface area contributed by atoms with Gasteiger partial charge in [-0.3, -0.25) is 4.79 Å². The zero-order valence-electron chi connectivity index (χ0n) is 11.5. The molecule has 0 saturated carbocycles. The third-order valence-electron chi connectivity index (χ3n) is 2.58. The molecule has 0 aliphatic heterocycles. The lowest BCUT2D eigenvalue weighted by molar-refractivity contribution is -0.131. The molecule has 1 amide bonds. The summed E-state index contributed by atoms with van der Waals surface area (Å²) >= 11 is 0. The van der Waals surface area contributed by atoms with Gasteiger partial charge in [0.2, 0.25) is 15.9 Å². The van der Waals surface area contributed by atoms with Crippen LogP contribution in [0.3, 0.4) is 0 Å². The number of hydrogen-bond acceptors (Lipinski definition) is 4. The minimum absolute atomic E-state index is 0.00859. The molecule has 1 aromatic carbocycles. The molecule has 0 radical (unpaired) electrons. The van der Waals surface area contributed by atoms with E-state index in [4.69, 9.17) is 5.11 Å². The average molecular weight is 312 g/mol. The number of amides is 1. The van der Waals surface area contributed by atoms with E-state index in [-0.39, 0.29) is 4.90 Å². The van der Waals surface area contributed by atoms with Gasteiger partial charge < -0.3 is 10.4 Å². The fourth-order valence-electron chi connectivity index (χ4n) is 1.50. The Kier molecular flexibility index (Phi) is 5.62. The second-order valence-electron chi connectivity index (χ2n) is 4.20. The van der Waals surface area contributed by atoms with E-state index in [9.17, 15) is 18.0 Å². The molecule has 8 heteroatoms. The van der Waals surface area contributed by atoms with Gasteiger partial charge in [-0.2, -0.15) is 4.72 Å². The maximum atomic E-state index is 12.0. The minimum atomic E-state index is -3.81. The van der Waals surface area contributed by atoms with Crippen molar-refractivity contribution in [2.45, 2.75) is 17.9 Å². The Morgan fingerprint density at radius 2 is 1.81 bits per heavy atom. The van der Waals surface area contributed by atoms with E-state index in [1.807, 2.05) is 0 Å². The normalized spacial score (nSPS) is 13.0. The minimum Gasteiger partial charge on any atom is -0.478 e. The summed E-state index contributed by atoms with van der Waals surface area (Å²) in [4.78, 5) is 21.7. The van der Waals surface area contributed by atoms with Crippen LogP contribution in [0.4, 0.5) is 0 Å². The third kappa shape index (κ3) is 5.01. The van der Waals surface area contributed by atoms with Gasteiger partial charge in [0.05, 0.1) is 10.9 Å². The fraction of sp³-hybridized carbons (Fsp3) is 0.231. The van der Waals surface area contributed by atoms with Gasteiger partial charge in [0.1, 0.15) is 0 Å². The van der Waals surface area contributed by atoms with E-state index in [1.165, 1.54) is 44.3 Å². The van der Waals surface area contributed by atoms with Gasteiger partial charge >= 0.3 is 5.97 Å². The van der Waals surface area contributed by atoms with Crippen molar-refractivity contribution in [2.75, 3.05) is 7.05 Å². The topological polar surface area (TPSA) is 113 Å². The quantitative estimate of drug-likeness (QED) is 0.649. The van der Waals surface area contributed by atoms with Crippen molar-refractivity contribution in [1.29, 1.82) is 0 Å². The van der Waals surface area contributed by atoms with Crippen molar-refractivity contribution in [3.8, 4) is 0 Å². The number of carbonyl (C=O) groups excluding carboxylic acids is 1. The number of carbonyl (C=O) groups is 2. The Morgan fingerprint density at radius 1 is 1.24 bits per heavy atom. The number of carboxylic acid groups (broad SMARTS) is 1. The molecule has 0 bridgehead atoms. The summed E-state index contributed by atoms with van der Waals surface area (Å²) < 4.78 is 26.3.